The van der Waals surface area contributed by atoms with Crippen molar-refractivity contribution in [3.05, 3.63) is 29.5 Å². The number of nitrogens with zero attached hydrogens (tertiary/aromatic N) is 1. The number of carbonyl (C=O) groups excluding carboxylic acids is 1. The summed E-state index contributed by atoms with van der Waals surface area (Å²) in [4.78, 5) is 22.6. The molecule has 1 amide bonds. The van der Waals surface area contributed by atoms with Crippen LogP contribution >= 0.6 is 0 Å². The van der Waals surface area contributed by atoms with Crippen LogP contribution in [-0.4, -0.2) is 33.7 Å². The first-order valence-electron chi connectivity index (χ1n) is 7.01. The molecule has 0 bridgehead atoms. The van der Waals surface area contributed by atoms with Crippen LogP contribution in [0.3, 0.4) is 0 Å². The fourth-order valence-electron chi connectivity index (χ4n) is 2.26. The van der Waals surface area contributed by atoms with Crippen LogP contribution in [0.15, 0.2) is 18.3 Å². The Kier molecular flexibility index (Phi) is 4.92. The highest BCUT2D eigenvalue weighted by Crippen LogP contribution is 2.18. The van der Waals surface area contributed by atoms with E-state index >= 15 is 0 Å². The second-order valence-electron chi connectivity index (χ2n) is 5.11. The molecule has 0 aliphatic rings. The largest absolute Gasteiger partial charge is 0.481 e. The maximum Gasteiger partial charge on any atom is 0.303 e. The van der Waals surface area contributed by atoms with Crippen molar-refractivity contribution in [3.8, 4) is 0 Å². The average Bonchev–Trinajstić information content (AvgIpc) is 2.89. The van der Waals surface area contributed by atoms with Crippen molar-refractivity contribution in [2.24, 2.45) is 0 Å². The molecular weight excluding hydrogens is 270 g/mol. The van der Waals surface area contributed by atoms with Crippen LogP contribution in [0, 0.1) is 6.92 Å². The molecule has 0 radical (unpaired) electrons. The smallest absolute Gasteiger partial charge is 0.303 e. The van der Waals surface area contributed by atoms with Crippen LogP contribution in [0.2, 0.25) is 0 Å². The van der Waals surface area contributed by atoms with E-state index in [2.05, 4.69) is 15.5 Å². The average molecular weight is 289 g/mol. The predicted octanol–water partition coefficient (Wildman–Crippen LogP) is 2.25. The van der Waals surface area contributed by atoms with Crippen molar-refractivity contribution < 1.29 is 14.7 Å². The summed E-state index contributed by atoms with van der Waals surface area (Å²) in [6.07, 6.45) is 4.09. The fourth-order valence-corrected chi connectivity index (χ4v) is 2.26. The van der Waals surface area contributed by atoms with Crippen molar-refractivity contribution in [3.63, 3.8) is 0 Å². The van der Waals surface area contributed by atoms with Gasteiger partial charge in [-0.1, -0.05) is 6.42 Å². The first kappa shape index (κ1) is 15.0. The lowest BCUT2D eigenvalue weighted by Gasteiger charge is -2.07. The van der Waals surface area contributed by atoms with E-state index in [-0.39, 0.29) is 12.3 Å². The van der Waals surface area contributed by atoms with E-state index in [0.717, 1.165) is 29.3 Å². The Morgan fingerprint density at radius 2 is 2.10 bits per heavy atom. The molecule has 0 spiro atoms. The molecule has 0 aliphatic carbocycles. The molecule has 0 unspecified atom stereocenters. The number of aromatic nitrogens is 2. The number of carbonyl (C=O) groups is 2. The zero-order valence-corrected chi connectivity index (χ0v) is 12.0. The van der Waals surface area contributed by atoms with E-state index in [4.69, 9.17) is 5.11 Å². The Hall–Kier alpha value is -2.37. The zero-order chi connectivity index (χ0) is 15.2. The minimum Gasteiger partial charge on any atom is -0.481 e. The lowest BCUT2D eigenvalue weighted by atomic mass is 10.1. The minimum absolute atomic E-state index is 0.133. The van der Waals surface area contributed by atoms with Crippen LogP contribution in [0.4, 0.5) is 0 Å². The van der Waals surface area contributed by atoms with Gasteiger partial charge in [0.05, 0.1) is 17.3 Å². The summed E-state index contributed by atoms with van der Waals surface area (Å²) in [5, 5.41) is 19.1. The van der Waals surface area contributed by atoms with Crippen LogP contribution in [0.25, 0.3) is 10.9 Å². The van der Waals surface area contributed by atoms with Gasteiger partial charge in [-0.25, -0.2) is 0 Å². The number of fused-ring (bicyclic) bond motifs is 1. The number of H-pyrrole nitrogens is 1. The molecule has 3 N–H and O–H groups in total. The number of aromatic amines is 1. The Morgan fingerprint density at radius 3 is 2.86 bits per heavy atom. The predicted molar refractivity (Wildman–Crippen MR) is 79.3 cm³/mol. The van der Waals surface area contributed by atoms with E-state index in [9.17, 15) is 9.59 Å². The lowest BCUT2D eigenvalue weighted by molar-refractivity contribution is -0.137. The van der Waals surface area contributed by atoms with Crippen LogP contribution in [-0.2, 0) is 4.79 Å². The van der Waals surface area contributed by atoms with Crippen LogP contribution < -0.4 is 5.32 Å². The van der Waals surface area contributed by atoms with E-state index in [0.29, 0.717) is 18.5 Å². The standard InChI is InChI=1S/C15H19N3O3/c1-10-7-11-9-17-18-14(11)12(8-10)15(21)16-6-4-2-3-5-13(19)20/h7-9H,2-6H2,1H3,(H,16,21)(H,17,18)(H,19,20). The highest BCUT2D eigenvalue weighted by molar-refractivity contribution is 6.05. The van der Waals surface area contributed by atoms with E-state index in [1.807, 2.05) is 19.1 Å². The van der Waals surface area contributed by atoms with Crippen LogP contribution in [0.1, 0.15) is 41.6 Å². The summed E-state index contributed by atoms with van der Waals surface area (Å²) in [5.41, 5.74) is 2.34. The molecule has 0 aliphatic heterocycles. The third-order valence-corrected chi connectivity index (χ3v) is 3.29. The molecule has 1 heterocycles. The third-order valence-electron chi connectivity index (χ3n) is 3.29. The molecule has 0 saturated carbocycles. The van der Waals surface area contributed by atoms with Crippen molar-refractivity contribution in [2.45, 2.75) is 32.6 Å². The van der Waals surface area contributed by atoms with Gasteiger partial charge in [-0.05, 0) is 37.5 Å². The van der Waals surface area contributed by atoms with Crippen molar-refractivity contribution in [1.29, 1.82) is 0 Å². The number of hydrogen-bond acceptors (Lipinski definition) is 3. The number of amides is 1. The maximum atomic E-state index is 12.2. The number of aryl methyl sites for hydroxylation is 1. The normalized spacial score (nSPS) is 10.7. The number of unbranched alkanes of at least 4 members (excludes halogenated alkanes) is 2. The molecule has 6 nitrogen and oxygen atoms in total. The van der Waals surface area contributed by atoms with Gasteiger partial charge in [0, 0.05) is 18.4 Å². The number of rotatable bonds is 7. The highest BCUT2D eigenvalue weighted by Gasteiger charge is 2.11. The molecule has 6 heteroatoms. The van der Waals surface area contributed by atoms with Gasteiger partial charge in [-0.15, -0.1) is 0 Å². The first-order chi connectivity index (χ1) is 10.1. The summed E-state index contributed by atoms with van der Waals surface area (Å²) < 4.78 is 0. The fraction of sp³-hybridized carbons (Fsp3) is 0.400. The molecule has 2 rings (SSSR count). The quantitative estimate of drug-likeness (QED) is 0.681. The van der Waals surface area contributed by atoms with Gasteiger partial charge in [0.15, 0.2) is 0 Å². The molecule has 2 aromatic rings. The Bertz CT molecular complexity index is 649. The number of nitrogens with one attached hydrogen (secondary N) is 2. The lowest BCUT2D eigenvalue weighted by Crippen LogP contribution is -2.24. The monoisotopic (exact) mass is 289 g/mol. The summed E-state index contributed by atoms with van der Waals surface area (Å²) in [5.74, 6) is -0.911. The Morgan fingerprint density at radius 1 is 1.29 bits per heavy atom. The van der Waals surface area contributed by atoms with Crippen molar-refractivity contribution in [2.75, 3.05) is 6.54 Å². The Labute approximate surface area is 122 Å². The second-order valence-corrected chi connectivity index (χ2v) is 5.11. The molecule has 1 aromatic carbocycles. The summed E-state index contributed by atoms with van der Waals surface area (Å²) >= 11 is 0. The topological polar surface area (TPSA) is 95.1 Å². The Balaban J connectivity index is 1.88. The molecule has 1 aromatic heterocycles. The van der Waals surface area contributed by atoms with Gasteiger partial charge in [-0.2, -0.15) is 5.10 Å². The number of benzene rings is 1. The second kappa shape index (κ2) is 6.88. The highest BCUT2D eigenvalue weighted by atomic mass is 16.4. The van der Waals surface area contributed by atoms with Gasteiger partial charge in [0.2, 0.25) is 0 Å². The molecule has 21 heavy (non-hydrogen) atoms. The van der Waals surface area contributed by atoms with E-state index in [1.54, 1.807) is 6.20 Å². The molecule has 112 valence electrons. The molecular formula is C15H19N3O3. The first-order valence-corrected chi connectivity index (χ1v) is 7.01. The third kappa shape index (κ3) is 4.05. The number of carboxylic acids is 1. The zero-order valence-electron chi connectivity index (χ0n) is 12.0. The molecule has 0 fully saturated rings. The molecule has 0 atom stereocenters. The maximum absolute atomic E-state index is 12.2. The number of aliphatic carboxylic acids is 1. The summed E-state index contributed by atoms with van der Waals surface area (Å²) in [6.45, 7) is 2.48. The number of carboxylic acid groups (broad SMARTS) is 1. The van der Waals surface area contributed by atoms with Crippen molar-refractivity contribution in [1.82, 2.24) is 15.5 Å². The summed E-state index contributed by atoms with van der Waals surface area (Å²) in [7, 11) is 0. The van der Waals surface area contributed by atoms with E-state index in [1.165, 1.54) is 0 Å². The van der Waals surface area contributed by atoms with Gasteiger partial charge in [0.25, 0.3) is 5.91 Å². The number of hydrogen-bond donors (Lipinski definition) is 3. The molecule has 0 saturated heterocycles. The van der Waals surface area contributed by atoms with E-state index < -0.39 is 5.97 Å². The van der Waals surface area contributed by atoms with Gasteiger partial charge >= 0.3 is 5.97 Å². The minimum atomic E-state index is -0.777. The van der Waals surface area contributed by atoms with Gasteiger partial charge in [0.1, 0.15) is 0 Å². The van der Waals surface area contributed by atoms with Gasteiger partial charge < -0.3 is 10.4 Å². The van der Waals surface area contributed by atoms with Gasteiger partial charge in [-0.3, -0.25) is 14.7 Å². The van der Waals surface area contributed by atoms with Crippen molar-refractivity contribution >= 4 is 22.8 Å². The summed E-state index contributed by atoms with van der Waals surface area (Å²) in [6, 6.07) is 3.81. The van der Waals surface area contributed by atoms with Crippen LogP contribution in [0.5, 0.6) is 0 Å². The SMILES string of the molecule is Cc1cc(C(=O)NCCCCCC(=O)O)c2[nH]ncc2c1.